The first-order chi connectivity index (χ1) is 8.04. The Kier molecular flexibility index (Phi) is 4.71. The van der Waals surface area contributed by atoms with Crippen molar-refractivity contribution in [1.82, 2.24) is 0 Å². The fourth-order valence-electron chi connectivity index (χ4n) is 1.40. The Morgan fingerprint density at radius 3 is 2.82 bits per heavy atom. The van der Waals surface area contributed by atoms with E-state index in [1.54, 1.807) is 6.07 Å². The highest BCUT2D eigenvalue weighted by Gasteiger charge is 2.10. The lowest BCUT2D eigenvalue weighted by atomic mass is 10.2. The second-order valence-electron chi connectivity index (χ2n) is 3.73. The van der Waals surface area contributed by atoms with Crippen LogP contribution in [0.5, 0.6) is 0 Å². The highest BCUT2D eigenvalue weighted by Crippen LogP contribution is 2.24. The van der Waals surface area contributed by atoms with Crippen LogP contribution in [-0.4, -0.2) is 24.2 Å². The van der Waals surface area contributed by atoms with E-state index >= 15 is 0 Å². The molecule has 1 aromatic carbocycles. The summed E-state index contributed by atoms with van der Waals surface area (Å²) in [5.41, 5.74) is 6.77. The molecule has 0 aliphatic rings. The van der Waals surface area contributed by atoms with Crippen LogP contribution in [0.4, 0.5) is 17.1 Å². The number of anilines is 2. The molecule has 1 unspecified atom stereocenters. The standard InChI is InChI=1S/C11H17N3O3/c1-3-17-7-8(2)13-11-5-4-9(14(15)16)6-10(11)12/h4-6,8,13H,3,7,12H2,1-2H3. The first-order valence-corrected chi connectivity index (χ1v) is 5.42. The predicted molar refractivity (Wildman–Crippen MR) is 67.1 cm³/mol. The minimum absolute atomic E-state index is 0.00879. The lowest BCUT2D eigenvalue weighted by molar-refractivity contribution is -0.384. The molecular weight excluding hydrogens is 222 g/mol. The zero-order valence-electron chi connectivity index (χ0n) is 9.97. The van der Waals surface area contributed by atoms with Crippen LogP contribution in [0, 0.1) is 10.1 Å². The number of benzene rings is 1. The quantitative estimate of drug-likeness (QED) is 0.450. The highest BCUT2D eigenvalue weighted by atomic mass is 16.6. The van der Waals surface area contributed by atoms with Crippen molar-refractivity contribution in [2.45, 2.75) is 19.9 Å². The van der Waals surface area contributed by atoms with Gasteiger partial charge in [-0.3, -0.25) is 10.1 Å². The van der Waals surface area contributed by atoms with Crippen molar-refractivity contribution in [2.75, 3.05) is 24.3 Å². The van der Waals surface area contributed by atoms with E-state index < -0.39 is 4.92 Å². The van der Waals surface area contributed by atoms with Gasteiger partial charge in [0.05, 0.1) is 22.9 Å². The number of nitrogens with two attached hydrogens (primary N) is 1. The van der Waals surface area contributed by atoms with Crippen LogP contribution < -0.4 is 11.1 Å². The number of nitro benzene ring substituents is 1. The maximum atomic E-state index is 10.5. The van der Waals surface area contributed by atoms with Crippen molar-refractivity contribution >= 4 is 17.1 Å². The Labute approximate surface area is 99.9 Å². The van der Waals surface area contributed by atoms with Gasteiger partial charge >= 0.3 is 0 Å². The van der Waals surface area contributed by atoms with E-state index in [1.807, 2.05) is 13.8 Å². The number of rotatable bonds is 6. The molecule has 94 valence electrons. The van der Waals surface area contributed by atoms with Crippen molar-refractivity contribution in [2.24, 2.45) is 0 Å². The van der Waals surface area contributed by atoms with Gasteiger partial charge in [-0.25, -0.2) is 0 Å². The zero-order valence-corrected chi connectivity index (χ0v) is 9.97. The molecule has 0 aliphatic carbocycles. The van der Waals surface area contributed by atoms with E-state index in [0.717, 1.165) is 0 Å². The second kappa shape index (κ2) is 6.05. The summed E-state index contributed by atoms with van der Waals surface area (Å²) in [4.78, 5) is 10.1. The number of nitrogens with zero attached hydrogens (tertiary/aromatic N) is 1. The van der Waals surface area contributed by atoms with Gasteiger partial charge in [-0.15, -0.1) is 0 Å². The molecule has 0 saturated carbocycles. The van der Waals surface area contributed by atoms with Crippen molar-refractivity contribution in [1.29, 1.82) is 0 Å². The van der Waals surface area contributed by atoms with Gasteiger partial charge in [0.15, 0.2) is 0 Å². The third-order valence-corrected chi connectivity index (χ3v) is 2.22. The van der Waals surface area contributed by atoms with Crippen LogP contribution in [0.3, 0.4) is 0 Å². The molecule has 0 amide bonds. The Bertz CT molecular complexity index is 396. The molecule has 0 radical (unpaired) electrons. The predicted octanol–water partition coefficient (Wildman–Crippen LogP) is 2.01. The van der Waals surface area contributed by atoms with Gasteiger partial charge in [-0.05, 0) is 19.9 Å². The summed E-state index contributed by atoms with van der Waals surface area (Å²) >= 11 is 0. The molecule has 0 saturated heterocycles. The molecule has 17 heavy (non-hydrogen) atoms. The zero-order chi connectivity index (χ0) is 12.8. The van der Waals surface area contributed by atoms with E-state index in [-0.39, 0.29) is 11.7 Å². The molecule has 3 N–H and O–H groups in total. The molecule has 0 fully saturated rings. The summed E-state index contributed by atoms with van der Waals surface area (Å²) in [6.07, 6.45) is 0. The van der Waals surface area contributed by atoms with Gasteiger partial charge in [0.2, 0.25) is 0 Å². The number of nitrogen functional groups attached to an aromatic ring is 1. The van der Waals surface area contributed by atoms with E-state index in [1.165, 1.54) is 12.1 Å². The second-order valence-corrected chi connectivity index (χ2v) is 3.73. The van der Waals surface area contributed by atoms with Gasteiger partial charge in [0, 0.05) is 24.8 Å². The smallest absolute Gasteiger partial charge is 0.271 e. The molecule has 1 rings (SSSR count). The minimum atomic E-state index is -0.468. The van der Waals surface area contributed by atoms with Crippen molar-refractivity contribution in [3.8, 4) is 0 Å². The van der Waals surface area contributed by atoms with Crippen molar-refractivity contribution in [3.05, 3.63) is 28.3 Å². The average Bonchev–Trinajstić information content (AvgIpc) is 2.28. The number of non-ortho nitro benzene ring substituents is 1. The normalized spacial score (nSPS) is 12.1. The summed E-state index contributed by atoms with van der Waals surface area (Å²) in [5.74, 6) is 0. The molecule has 0 spiro atoms. The highest BCUT2D eigenvalue weighted by molar-refractivity contribution is 5.69. The van der Waals surface area contributed by atoms with Crippen LogP contribution in [0.2, 0.25) is 0 Å². The summed E-state index contributed by atoms with van der Waals surface area (Å²) in [6, 6.07) is 4.47. The summed E-state index contributed by atoms with van der Waals surface area (Å²) < 4.78 is 5.26. The lowest BCUT2D eigenvalue weighted by Crippen LogP contribution is -2.22. The SMILES string of the molecule is CCOCC(C)Nc1ccc([N+](=O)[O-])cc1N. The number of nitro groups is 1. The average molecular weight is 239 g/mol. The minimum Gasteiger partial charge on any atom is -0.397 e. The van der Waals surface area contributed by atoms with E-state index in [0.29, 0.717) is 24.6 Å². The van der Waals surface area contributed by atoms with Crippen LogP contribution in [-0.2, 0) is 4.74 Å². The van der Waals surface area contributed by atoms with Gasteiger partial charge in [0.25, 0.3) is 5.69 Å². The molecule has 0 heterocycles. The van der Waals surface area contributed by atoms with Gasteiger partial charge < -0.3 is 15.8 Å². The van der Waals surface area contributed by atoms with Gasteiger partial charge in [-0.2, -0.15) is 0 Å². The first-order valence-electron chi connectivity index (χ1n) is 5.42. The van der Waals surface area contributed by atoms with Crippen LogP contribution in [0.15, 0.2) is 18.2 Å². The number of nitrogens with one attached hydrogen (secondary N) is 1. The largest absolute Gasteiger partial charge is 0.397 e. The Morgan fingerprint density at radius 1 is 1.59 bits per heavy atom. The van der Waals surface area contributed by atoms with Gasteiger partial charge in [0.1, 0.15) is 0 Å². The third kappa shape index (κ3) is 3.92. The number of hydrogen-bond acceptors (Lipinski definition) is 5. The molecule has 6 heteroatoms. The van der Waals surface area contributed by atoms with Gasteiger partial charge in [-0.1, -0.05) is 0 Å². The third-order valence-electron chi connectivity index (χ3n) is 2.22. The fraction of sp³-hybridized carbons (Fsp3) is 0.455. The lowest BCUT2D eigenvalue weighted by Gasteiger charge is -2.16. The summed E-state index contributed by atoms with van der Waals surface area (Å²) in [5, 5.41) is 13.7. The molecule has 0 aliphatic heterocycles. The van der Waals surface area contributed by atoms with Crippen LogP contribution in [0.25, 0.3) is 0 Å². The molecular formula is C11H17N3O3. The molecule has 0 bridgehead atoms. The fourth-order valence-corrected chi connectivity index (χ4v) is 1.40. The van der Waals surface area contributed by atoms with E-state index in [2.05, 4.69) is 5.32 Å². The van der Waals surface area contributed by atoms with E-state index in [9.17, 15) is 10.1 Å². The van der Waals surface area contributed by atoms with E-state index in [4.69, 9.17) is 10.5 Å². The Balaban J connectivity index is 2.69. The number of hydrogen-bond donors (Lipinski definition) is 2. The number of ether oxygens (including phenoxy) is 1. The molecule has 1 aromatic rings. The maximum absolute atomic E-state index is 10.5. The summed E-state index contributed by atoms with van der Waals surface area (Å²) in [7, 11) is 0. The van der Waals surface area contributed by atoms with Crippen molar-refractivity contribution in [3.63, 3.8) is 0 Å². The molecule has 1 atom stereocenters. The topological polar surface area (TPSA) is 90.4 Å². The van der Waals surface area contributed by atoms with Crippen LogP contribution in [0.1, 0.15) is 13.8 Å². The molecule has 6 nitrogen and oxygen atoms in total. The van der Waals surface area contributed by atoms with Crippen molar-refractivity contribution < 1.29 is 9.66 Å². The Hall–Kier alpha value is -1.82. The maximum Gasteiger partial charge on any atom is 0.271 e. The summed E-state index contributed by atoms with van der Waals surface area (Å²) in [6.45, 7) is 5.10. The monoisotopic (exact) mass is 239 g/mol. The first kappa shape index (κ1) is 13.2. The Morgan fingerprint density at radius 2 is 2.29 bits per heavy atom. The van der Waals surface area contributed by atoms with Crippen LogP contribution >= 0.6 is 0 Å². The molecule has 0 aromatic heterocycles.